The number of nitrogens with two attached hydrogens (primary N) is 1. The van der Waals surface area contributed by atoms with Gasteiger partial charge in [-0.1, -0.05) is 33.8 Å². The summed E-state index contributed by atoms with van der Waals surface area (Å²) in [5.74, 6) is 0. The zero-order chi connectivity index (χ0) is 15.9. The first-order valence-corrected chi connectivity index (χ1v) is 8.60. The third-order valence-electron chi connectivity index (χ3n) is 4.50. The van der Waals surface area contributed by atoms with Crippen molar-refractivity contribution in [2.45, 2.75) is 59.4 Å². The molecular formula is C18H29BrN2. The number of rotatable bonds is 3. The molecule has 0 aromatic heterocycles. The zero-order valence-corrected chi connectivity index (χ0v) is 15.6. The maximum Gasteiger partial charge on any atom is 0.0506 e. The van der Waals surface area contributed by atoms with E-state index in [-0.39, 0.29) is 5.54 Å². The lowest BCUT2D eigenvalue weighted by Crippen LogP contribution is -2.55. The van der Waals surface area contributed by atoms with Crippen LogP contribution < -0.4 is 11.1 Å². The van der Waals surface area contributed by atoms with E-state index in [0.717, 1.165) is 23.0 Å². The molecule has 0 atom stereocenters. The predicted octanol–water partition coefficient (Wildman–Crippen LogP) is 5.10. The van der Waals surface area contributed by atoms with Crippen LogP contribution in [0.3, 0.4) is 0 Å². The van der Waals surface area contributed by atoms with Gasteiger partial charge in [-0.05, 0) is 70.6 Å². The molecule has 1 saturated carbocycles. The van der Waals surface area contributed by atoms with E-state index in [1.807, 2.05) is 0 Å². The fourth-order valence-corrected chi connectivity index (χ4v) is 4.97. The molecule has 1 fully saturated rings. The van der Waals surface area contributed by atoms with E-state index < -0.39 is 0 Å². The van der Waals surface area contributed by atoms with Crippen molar-refractivity contribution >= 4 is 21.6 Å². The Hall–Kier alpha value is -0.540. The highest BCUT2D eigenvalue weighted by atomic mass is 79.9. The van der Waals surface area contributed by atoms with E-state index >= 15 is 0 Å². The third-order valence-corrected chi connectivity index (χ3v) is 5.19. The van der Waals surface area contributed by atoms with Crippen LogP contribution in [-0.2, 0) is 0 Å². The molecular weight excluding hydrogens is 324 g/mol. The van der Waals surface area contributed by atoms with E-state index in [1.54, 1.807) is 0 Å². The molecule has 0 bridgehead atoms. The van der Waals surface area contributed by atoms with Crippen molar-refractivity contribution in [3.05, 3.63) is 28.2 Å². The normalized spacial score (nSPS) is 22.8. The van der Waals surface area contributed by atoms with Crippen LogP contribution in [0.2, 0.25) is 0 Å². The first-order chi connectivity index (χ1) is 9.56. The minimum absolute atomic E-state index is 0.0262. The molecule has 3 N–H and O–H groups in total. The zero-order valence-electron chi connectivity index (χ0n) is 14.0. The van der Waals surface area contributed by atoms with Gasteiger partial charge >= 0.3 is 0 Å². The summed E-state index contributed by atoms with van der Waals surface area (Å²) in [5.41, 5.74) is 9.26. The summed E-state index contributed by atoms with van der Waals surface area (Å²) in [6.45, 7) is 12.3. The van der Waals surface area contributed by atoms with Crippen LogP contribution in [0.15, 0.2) is 22.7 Å². The molecule has 2 nitrogen and oxygen atoms in total. The quantitative estimate of drug-likeness (QED) is 0.793. The Balaban J connectivity index is 2.35. The van der Waals surface area contributed by atoms with Gasteiger partial charge in [0.15, 0.2) is 0 Å². The monoisotopic (exact) mass is 352 g/mol. The van der Waals surface area contributed by atoms with Crippen LogP contribution in [0.1, 0.15) is 52.5 Å². The van der Waals surface area contributed by atoms with Crippen LogP contribution >= 0.6 is 15.9 Å². The smallest absolute Gasteiger partial charge is 0.0506 e. The minimum atomic E-state index is -0.0262. The third kappa shape index (κ3) is 4.01. The van der Waals surface area contributed by atoms with Crippen molar-refractivity contribution in [3.8, 4) is 0 Å². The summed E-state index contributed by atoms with van der Waals surface area (Å²) in [6.07, 6.45) is 3.47. The van der Waals surface area contributed by atoms with Crippen molar-refractivity contribution in [1.29, 1.82) is 0 Å². The molecule has 1 aromatic carbocycles. The number of benzene rings is 1. The Morgan fingerprint density at radius 2 is 1.67 bits per heavy atom. The first kappa shape index (κ1) is 16.8. The number of hydrogen-bond acceptors (Lipinski definition) is 2. The van der Waals surface area contributed by atoms with Gasteiger partial charge in [-0.15, -0.1) is 0 Å². The van der Waals surface area contributed by atoms with Gasteiger partial charge in [0, 0.05) is 16.7 Å². The second-order valence-corrected chi connectivity index (χ2v) is 9.31. The second kappa shape index (κ2) is 5.58. The molecule has 1 aliphatic carbocycles. The maximum absolute atomic E-state index is 6.24. The fraction of sp³-hybridized carbons (Fsp3) is 0.667. The topological polar surface area (TPSA) is 38.0 Å². The molecule has 118 valence electrons. The van der Waals surface area contributed by atoms with Crippen molar-refractivity contribution in [2.24, 2.45) is 16.6 Å². The number of nitrogens with one attached hydrogen (secondary N) is 1. The van der Waals surface area contributed by atoms with Gasteiger partial charge in [0.25, 0.3) is 0 Å². The maximum atomic E-state index is 6.24. The Bertz CT molecular complexity index is 504. The van der Waals surface area contributed by atoms with Crippen LogP contribution in [-0.4, -0.2) is 12.1 Å². The lowest BCUT2D eigenvalue weighted by Gasteiger charge is -2.52. The Labute approximate surface area is 138 Å². The van der Waals surface area contributed by atoms with Crippen molar-refractivity contribution < 1.29 is 0 Å². The molecule has 0 heterocycles. The fourth-order valence-electron chi connectivity index (χ4n) is 4.62. The highest BCUT2D eigenvalue weighted by molar-refractivity contribution is 9.10. The van der Waals surface area contributed by atoms with Crippen LogP contribution in [0.4, 0.5) is 5.69 Å². The average molecular weight is 353 g/mol. The van der Waals surface area contributed by atoms with Crippen LogP contribution in [0.25, 0.3) is 0 Å². The van der Waals surface area contributed by atoms with Crippen LogP contribution in [0.5, 0.6) is 0 Å². The summed E-state index contributed by atoms with van der Waals surface area (Å²) in [4.78, 5) is 0. The lowest BCUT2D eigenvalue weighted by molar-refractivity contribution is 0.0622. The van der Waals surface area contributed by atoms with E-state index in [2.05, 4.69) is 74.1 Å². The molecule has 2 rings (SSSR count). The van der Waals surface area contributed by atoms with Crippen LogP contribution in [0, 0.1) is 17.8 Å². The molecule has 0 aliphatic heterocycles. The number of anilines is 1. The Morgan fingerprint density at radius 1 is 1.10 bits per heavy atom. The molecule has 0 amide bonds. The van der Waals surface area contributed by atoms with Gasteiger partial charge in [-0.25, -0.2) is 0 Å². The Morgan fingerprint density at radius 3 is 2.19 bits per heavy atom. The average Bonchev–Trinajstić information content (AvgIpc) is 2.30. The van der Waals surface area contributed by atoms with Crippen molar-refractivity contribution in [1.82, 2.24) is 0 Å². The molecule has 21 heavy (non-hydrogen) atoms. The van der Waals surface area contributed by atoms with Gasteiger partial charge in [0.1, 0.15) is 0 Å². The standard InChI is InChI=1S/C18H29BrN2/c1-13-6-7-14(19)15(8-13)21-18(12-20)10-16(2,3)9-17(4,5)11-18/h6-8,21H,9-12,20H2,1-5H3. The van der Waals surface area contributed by atoms with Gasteiger partial charge in [0.05, 0.1) is 5.54 Å². The van der Waals surface area contributed by atoms with E-state index in [0.29, 0.717) is 17.4 Å². The van der Waals surface area contributed by atoms with E-state index in [1.165, 1.54) is 12.0 Å². The first-order valence-electron chi connectivity index (χ1n) is 7.81. The van der Waals surface area contributed by atoms with E-state index in [4.69, 9.17) is 5.73 Å². The van der Waals surface area contributed by atoms with Gasteiger partial charge in [-0.2, -0.15) is 0 Å². The molecule has 1 aromatic rings. The highest BCUT2D eigenvalue weighted by Gasteiger charge is 2.46. The van der Waals surface area contributed by atoms with Gasteiger partial charge < -0.3 is 11.1 Å². The minimum Gasteiger partial charge on any atom is -0.377 e. The highest BCUT2D eigenvalue weighted by Crippen LogP contribution is 2.51. The molecule has 0 radical (unpaired) electrons. The largest absolute Gasteiger partial charge is 0.377 e. The Kier molecular flexibility index (Phi) is 4.47. The summed E-state index contributed by atoms with van der Waals surface area (Å²) in [7, 11) is 0. The molecule has 1 aliphatic rings. The summed E-state index contributed by atoms with van der Waals surface area (Å²) in [5, 5.41) is 3.79. The van der Waals surface area contributed by atoms with Crippen molar-refractivity contribution in [2.75, 3.05) is 11.9 Å². The summed E-state index contributed by atoms with van der Waals surface area (Å²) < 4.78 is 1.11. The summed E-state index contributed by atoms with van der Waals surface area (Å²) >= 11 is 3.66. The molecule has 0 spiro atoms. The van der Waals surface area contributed by atoms with Gasteiger partial charge in [-0.3, -0.25) is 0 Å². The second-order valence-electron chi connectivity index (χ2n) is 8.45. The summed E-state index contributed by atoms with van der Waals surface area (Å²) in [6, 6.07) is 6.44. The van der Waals surface area contributed by atoms with E-state index in [9.17, 15) is 0 Å². The van der Waals surface area contributed by atoms with Gasteiger partial charge in [0.2, 0.25) is 0 Å². The number of aryl methyl sites for hydroxylation is 1. The lowest BCUT2D eigenvalue weighted by atomic mass is 9.58. The molecule has 0 unspecified atom stereocenters. The number of hydrogen-bond donors (Lipinski definition) is 2. The predicted molar refractivity (Wildman–Crippen MR) is 95.7 cm³/mol. The SMILES string of the molecule is Cc1ccc(Br)c(NC2(CN)CC(C)(C)CC(C)(C)C2)c1. The molecule has 3 heteroatoms. The molecule has 0 saturated heterocycles. The number of halogens is 1. The van der Waals surface area contributed by atoms with Crippen molar-refractivity contribution in [3.63, 3.8) is 0 Å².